The molecule has 1 aromatic carbocycles. The van der Waals surface area contributed by atoms with Crippen LogP contribution in [-0.4, -0.2) is 7.11 Å². The first kappa shape index (κ1) is 8.28. The van der Waals surface area contributed by atoms with Crippen LogP contribution in [0.5, 0.6) is 0 Å². The van der Waals surface area contributed by atoms with Crippen molar-refractivity contribution in [1.29, 1.82) is 0 Å². The molecule has 0 spiro atoms. The van der Waals surface area contributed by atoms with Crippen molar-refractivity contribution in [3.63, 3.8) is 0 Å². The second-order valence-corrected chi connectivity index (χ2v) is 2.47. The molecule has 1 heteroatoms. The Hall–Kier alpha value is -0.820. The molecular weight excluding hydrogens is 136 g/mol. The third-order valence-electron chi connectivity index (χ3n) is 1.60. The molecular formula is C10H13O. The van der Waals surface area contributed by atoms with E-state index >= 15 is 0 Å². The number of rotatable bonds is 3. The molecule has 0 atom stereocenters. The standard InChI is InChI=1S/C10H13O/c1-3-9-5-4-6-10(7-9)8-11-2/h3-7H,8H2,1-2H3. The Kier molecular flexibility index (Phi) is 3.12. The lowest BCUT2D eigenvalue weighted by Gasteiger charge is -2.00. The molecule has 0 aromatic heterocycles. The summed E-state index contributed by atoms with van der Waals surface area (Å²) in [7, 11) is 1.71. The van der Waals surface area contributed by atoms with Crippen LogP contribution in [0, 0.1) is 6.42 Å². The fraction of sp³-hybridized carbons (Fsp3) is 0.300. The van der Waals surface area contributed by atoms with Gasteiger partial charge in [0.25, 0.3) is 0 Å². The summed E-state index contributed by atoms with van der Waals surface area (Å²) in [5, 5.41) is 0. The molecule has 1 radical (unpaired) electrons. The van der Waals surface area contributed by atoms with Crippen LogP contribution in [0.15, 0.2) is 24.3 Å². The molecule has 1 nitrogen and oxygen atoms in total. The van der Waals surface area contributed by atoms with E-state index in [1.54, 1.807) is 7.11 Å². The molecule has 0 N–H and O–H groups in total. The van der Waals surface area contributed by atoms with E-state index in [0.29, 0.717) is 6.61 Å². The van der Waals surface area contributed by atoms with Crippen molar-refractivity contribution in [3.05, 3.63) is 41.8 Å². The summed E-state index contributed by atoms with van der Waals surface area (Å²) in [5.74, 6) is 0. The van der Waals surface area contributed by atoms with Gasteiger partial charge in [-0.15, -0.1) is 0 Å². The number of hydrogen-bond acceptors (Lipinski definition) is 1. The first-order valence-corrected chi connectivity index (χ1v) is 3.74. The van der Waals surface area contributed by atoms with Crippen LogP contribution in [0.25, 0.3) is 0 Å². The van der Waals surface area contributed by atoms with Crippen LogP contribution >= 0.6 is 0 Å². The number of hydrogen-bond donors (Lipinski definition) is 0. The minimum absolute atomic E-state index is 0.696. The molecule has 0 bridgehead atoms. The van der Waals surface area contributed by atoms with Crippen LogP contribution in [0.4, 0.5) is 0 Å². The molecule has 0 unspecified atom stereocenters. The van der Waals surface area contributed by atoms with E-state index in [0.717, 1.165) is 0 Å². The quantitative estimate of drug-likeness (QED) is 0.641. The summed E-state index contributed by atoms with van der Waals surface area (Å²) in [4.78, 5) is 0. The van der Waals surface area contributed by atoms with Gasteiger partial charge in [-0.2, -0.15) is 0 Å². The highest BCUT2D eigenvalue weighted by molar-refractivity contribution is 5.27. The lowest BCUT2D eigenvalue weighted by Crippen LogP contribution is -1.87. The van der Waals surface area contributed by atoms with Crippen LogP contribution in [0.1, 0.15) is 18.1 Å². The lowest BCUT2D eigenvalue weighted by atomic mass is 10.1. The Morgan fingerprint density at radius 3 is 2.91 bits per heavy atom. The van der Waals surface area contributed by atoms with Gasteiger partial charge in [0.1, 0.15) is 0 Å². The van der Waals surface area contributed by atoms with Gasteiger partial charge in [0.05, 0.1) is 6.61 Å². The normalized spacial score (nSPS) is 10.0. The first-order valence-electron chi connectivity index (χ1n) is 3.74. The lowest BCUT2D eigenvalue weighted by molar-refractivity contribution is 0.185. The van der Waals surface area contributed by atoms with Gasteiger partial charge in [-0.05, 0) is 17.5 Å². The molecule has 1 aromatic rings. The smallest absolute Gasteiger partial charge is 0.0713 e. The molecule has 59 valence electrons. The summed E-state index contributed by atoms with van der Waals surface area (Å²) in [5.41, 5.74) is 2.47. The molecule has 1 rings (SSSR count). The van der Waals surface area contributed by atoms with Gasteiger partial charge in [0.15, 0.2) is 0 Å². The van der Waals surface area contributed by atoms with E-state index in [1.807, 2.05) is 13.0 Å². The van der Waals surface area contributed by atoms with Crippen LogP contribution < -0.4 is 0 Å². The average Bonchev–Trinajstić information content (AvgIpc) is 2.06. The van der Waals surface area contributed by atoms with Crippen molar-refractivity contribution < 1.29 is 4.74 Å². The van der Waals surface area contributed by atoms with Crippen LogP contribution in [0.2, 0.25) is 0 Å². The molecule has 0 amide bonds. The Bertz CT molecular complexity index is 218. The minimum Gasteiger partial charge on any atom is -0.380 e. The predicted molar refractivity (Wildman–Crippen MR) is 46.2 cm³/mol. The fourth-order valence-electron chi connectivity index (χ4n) is 1.03. The van der Waals surface area contributed by atoms with Crippen molar-refractivity contribution in [2.75, 3.05) is 7.11 Å². The fourth-order valence-corrected chi connectivity index (χ4v) is 1.03. The molecule has 0 aliphatic rings. The highest BCUT2D eigenvalue weighted by Crippen LogP contribution is 2.07. The highest BCUT2D eigenvalue weighted by Gasteiger charge is 1.92. The highest BCUT2D eigenvalue weighted by atomic mass is 16.5. The van der Waals surface area contributed by atoms with Crippen molar-refractivity contribution in [2.45, 2.75) is 13.5 Å². The summed E-state index contributed by atoms with van der Waals surface area (Å²) in [6, 6.07) is 8.32. The third-order valence-corrected chi connectivity index (χ3v) is 1.60. The SMILES string of the molecule is C[CH]c1cccc(COC)c1. The zero-order chi connectivity index (χ0) is 8.10. The first-order chi connectivity index (χ1) is 5.36. The second kappa shape index (κ2) is 4.14. The van der Waals surface area contributed by atoms with Gasteiger partial charge in [0, 0.05) is 7.11 Å². The van der Waals surface area contributed by atoms with Crippen molar-refractivity contribution >= 4 is 0 Å². The van der Waals surface area contributed by atoms with E-state index < -0.39 is 0 Å². The Balaban J connectivity index is 2.74. The molecule has 0 aliphatic carbocycles. The van der Waals surface area contributed by atoms with Crippen LogP contribution in [-0.2, 0) is 11.3 Å². The van der Waals surface area contributed by atoms with E-state index in [-0.39, 0.29) is 0 Å². The van der Waals surface area contributed by atoms with Crippen molar-refractivity contribution in [3.8, 4) is 0 Å². The molecule has 0 saturated heterocycles. The topological polar surface area (TPSA) is 9.23 Å². The monoisotopic (exact) mass is 149 g/mol. The Labute approximate surface area is 68.0 Å². The van der Waals surface area contributed by atoms with Gasteiger partial charge in [-0.25, -0.2) is 0 Å². The van der Waals surface area contributed by atoms with E-state index in [2.05, 4.69) is 24.6 Å². The number of ether oxygens (including phenoxy) is 1. The van der Waals surface area contributed by atoms with Crippen molar-refractivity contribution in [2.24, 2.45) is 0 Å². The molecule has 11 heavy (non-hydrogen) atoms. The summed E-state index contributed by atoms with van der Waals surface area (Å²) in [6.45, 7) is 2.73. The van der Waals surface area contributed by atoms with Gasteiger partial charge in [0.2, 0.25) is 0 Å². The zero-order valence-electron chi connectivity index (χ0n) is 7.00. The van der Waals surface area contributed by atoms with E-state index in [9.17, 15) is 0 Å². The maximum Gasteiger partial charge on any atom is 0.0713 e. The van der Waals surface area contributed by atoms with Gasteiger partial charge < -0.3 is 4.74 Å². The van der Waals surface area contributed by atoms with Crippen molar-refractivity contribution in [1.82, 2.24) is 0 Å². The molecule has 0 aliphatic heterocycles. The van der Waals surface area contributed by atoms with E-state index in [4.69, 9.17) is 4.74 Å². The minimum atomic E-state index is 0.696. The maximum absolute atomic E-state index is 5.01. The Morgan fingerprint density at radius 1 is 1.45 bits per heavy atom. The summed E-state index contributed by atoms with van der Waals surface area (Å²) in [6.07, 6.45) is 2.08. The number of methoxy groups -OCH3 is 1. The molecule has 0 saturated carbocycles. The van der Waals surface area contributed by atoms with Gasteiger partial charge in [-0.1, -0.05) is 31.2 Å². The second-order valence-electron chi connectivity index (χ2n) is 2.47. The van der Waals surface area contributed by atoms with Gasteiger partial charge in [-0.3, -0.25) is 0 Å². The maximum atomic E-state index is 5.01. The molecule has 0 fully saturated rings. The third kappa shape index (κ3) is 2.35. The van der Waals surface area contributed by atoms with Gasteiger partial charge >= 0.3 is 0 Å². The molecule has 0 heterocycles. The van der Waals surface area contributed by atoms with Crippen LogP contribution in [0.3, 0.4) is 0 Å². The number of benzene rings is 1. The largest absolute Gasteiger partial charge is 0.380 e. The summed E-state index contributed by atoms with van der Waals surface area (Å²) < 4.78 is 5.01. The van der Waals surface area contributed by atoms with E-state index in [1.165, 1.54) is 11.1 Å². The zero-order valence-corrected chi connectivity index (χ0v) is 7.00. The predicted octanol–water partition coefficient (Wildman–Crippen LogP) is 2.41. The summed E-state index contributed by atoms with van der Waals surface area (Å²) >= 11 is 0. The average molecular weight is 149 g/mol. The Morgan fingerprint density at radius 2 is 2.27 bits per heavy atom.